The molecule has 9 nitrogen and oxygen atoms in total. The molecule has 0 saturated heterocycles. The highest BCUT2D eigenvalue weighted by Crippen LogP contribution is 2.31. The first kappa shape index (κ1) is 23.5. The van der Waals surface area contributed by atoms with Crippen LogP contribution in [-0.4, -0.2) is 40.4 Å². The fraction of sp³-hybridized carbons (Fsp3) is 0.120. The van der Waals surface area contributed by atoms with Gasteiger partial charge < -0.3 is 4.74 Å². The molecule has 0 aliphatic carbocycles. The van der Waals surface area contributed by atoms with E-state index in [2.05, 4.69) is 25.6 Å². The summed E-state index contributed by atoms with van der Waals surface area (Å²) in [5.74, 6) is -0.803. The standard InChI is InChI=1S/C25H20N6O3S2/c1-14-15(2)36-24(26-14)29-28-21-20(17-7-5-4-6-8-17)30-31(22(21)32)25-27-19(13-35-25)16-9-11-18(12-10-16)23(33)34-3/h4-13H,1-3H3,(H,26,29)/b28-21-. The van der Waals surface area contributed by atoms with Crippen molar-refractivity contribution in [2.75, 3.05) is 17.5 Å². The Kier molecular flexibility index (Phi) is 6.40. The zero-order valence-corrected chi connectivity index (χ0v) is 21.2. The van der Waals surface area contributed by atoms with E-state index in [1.807, 2.05) is 49.6 Å². The number of hydrazone groups is 2. The Morgan fingerprint density at radius 2 is 1.78 bits per heavy atom. The molecule has 1 aliphatic rings. The lowest BCUT2D eigenvalue weighted by Crippen LogP contribution is -2.28. The smallest absolute Gasteiger partial charge is 0.337 e. The summed E-state index contributed by atoms with van der Waals surface area (Å²) in [5, 5.41) is 13.1. The molecule has 0 fully saturated rings. The Morgan fingerprint density at radius 3 is 2.44 bits per heavy atom. The molecule has 0 radical (unpaired) electrons. The Hall–Kier alpha value is -4.22. The van der Waals surface area contributed by atoms with Crippen molar-refractivity contribution >= 4 is 56.2 Å². The van der Waals surface area contributed by atoms with E-state index >= 15 is 0 Å². The lowest BCUT2D eigenvalue weighted by molar-refractivity contribution is -0.112. The third kappa shape index (κ3) is 4.53. The number of thiazole rings is 2. The van der Waals surface area contributed by atoms with Crippen LogP contribution in [0.3, 0.4) is 0 Å². The molecule has 0 atom stereocenters. The van der Waals surface area contributed by atoms with Crippen molar-refractivity contribution in [3.63, 3.8) is 0 Å². The molecule has 2 aromatic carbocycles. The monoisotopic (exact) mass is 516 g/mol. The van der Waals surface area contributed by atoms with Gasteiger partial charge in [0.2, 0.25) is 10.3 Å². The predicted octanol–water partition coefficient (Wildman–Crippen LogP) is 4.89. The van der Waals surface area contributed by atoms with Crippen molar-refractivity contribution in [3.8, 4) is 11.3 Å². The van der Waals surface area contributed by atoms with Crippen LogP contribution in [0.15, 0.2) is 70.2 Å². The van der Waals surface area contributed by atoms with Crippen LogP contribution < -0.4 is 10.4 Å². The average Bonchev–Trinajstić information content (AvgIpc) is 3.60. The normalized spacial score (nSPS) is 14.3. The maximum absolute atomic E-state index is 13.4. The van der Waals surface area contributed by atoms with Crippen molar-refractivity contribution in [2.45, 2.75) is 13.8 Å². The second kappa shape index (κ2) is 9.80. The molecule has 1 N–H and O–H groups in total. The number of rotatable bonds is 6. The first-order valence-electron chi connectivity index (χ1n) is 10.9. The van der Waals surface area contributed by atoms with Gasteiger partial charge in [-0.25, -0.2) is 14.8 Å². The van der Waals surface area contributed by atoms with Gasteiger partial charge in [-0.15, -0.1) is 22.7 Å². The van der Waals surface area contributed by atoms with Crippen LogP contribution >= 0.6 is 22.7 Å². The van der Waals surface area contributed by atoms with Crippen molar-refractivity contribution in [2.24, 2.45) is 10.2 Å². The highest BCUT2D eigenvalue weighted by molar-refractivity contribution is 7.15. The summed E-state index contributed by atoms with van der Waals surface area (Å²) in [4.78, 5) is 35.2. The summed E-state index contributed by atoms with van der Waals surface area (Å²) in [6, 6.07) is 16.3. The zero-order valence-electron chi connectivity index (χ0n) is 19.6. The van der Waals surface area contributed by atoms with Crippen LogP contribution in [0.25, 0.3) is 11.3 Å². The number of nitrogens with one attached hydrogen (secondary N) is 1. The summed E-state index contributed by atoms with van der Waals surface area (Å²) in [6.07, 6.45) is 0. The number of aryl methyl sites for hydroxylation is 2. The fourth-order valence-electron chi connectivity index (χ4n) is 3.43. The number of carbonyl (C=O) groups excluding carboxylic acids is 2. The summed E-state index contributed by atoms with van der Waals surface area (Å²) < 4.78 is 4.75. The number of amides is 1. The number of nitrogens with zero attached hydrogens (tertiary/aromatic N) is 5. The summed E-state index contributed by atoms with van der Waals surface area (Å²) in [5.41, 5.74) is 7.10. The maximum atomic E-state index is 13.4. The van der Waals surface area contributed by atoms with Crippen LogP contribution in [0.2, 0.25) is 0 Å². The highest BCUT2D eigenvalue weighted by Gasteiger charge is 2.36. The quantitative estimate of drug-likeness (QED) is 0.289. The van der Waals surface area contributed by atoms with Crippen molar-refractivity contribution in [1.29, 1.82) is 0 Å². The van der Waals surface area contributed by atoms with Gasteiger partial charge in [0.05, 0.1) is 24.1 Å². The van der Waals surface area contributed by atoms with Crippen molar-refractivity contribution in [1.82, 2.24) is 9.97 Å². The van der Waals surface area contributed by atoms with Gasteiger partial charge in [-0.3, -0.25) is 10.2 Å². The summed E-state index contributed by atoms with van der Waals surface area (Å²) >= 11 is 2.75. The van der Waals surface area contributed by atoms with Crippen LogP contribution in [-0.2, 0) is 9.53 Å². The van der Waals surface area contributed by atoms with E-state index in [1.54, 1.807) is 24.3 Å². The number of benzene rings is 2. The molecule has 36 heavy (non-hydrogen) atoms. The van der Waals surface area contributed by atoms with Gasteiger partial charge in [-0.2, -0.15) is 15.2 Å². The second-order valence-electron chi connectivity index (χ2n) is 7.75. The van der Waals surface area contributed by atoms with Gasteiger partial charge in [0.15, 0.2) is 5.71 Å². The molecule has 0 unspecified atom stereocenters. The van der Waals surface area contributed by atoms with E-state index in [-0.39, 0.29) is 5.71 Å². The molecule has 0 saturated carbocycles. The number of aromatic nitrogens is 2. The molecule has 5 rings (SSSR count). The van der Waals surface area contributed by atoms with Crippen LogP contribution in [0, 0.1) is 13.8 Å². The van der Waals surface area contributed by atoms with Crippen molar-refractivity contribution < 1.29 is 14.3 Å². The Bertz CT molecular complexity index is 1490. The molecule has 180 valence electrons. The number of methoxy groups -OCH3 is 1. The zero-order chi connectivity index (χ0) is 25.2. The second-order valence-corrected chi connectivity index (χ2v) is 9.79. The van der Waals surface area contributed by atoms with Gasteiger partial charge in [-0.1, -0.05) is 42.5 Å². The molecule has 1 aliphatic heterocycles. The van der Waals surface area contributed by atoms with Gasteiger partial charge in [-0.05, 0) is 26.0 Å². The largest absolute Gasteiger partial charge is 0.465 e. The predicted molar refractivity (Wildman–Crippen MR) is 142 cm³/mol. The van der Waals surface area contributed by atoms with Gasteiger partial charge in [0.1, 0.15) is 5.71 Å². The molecule has 1 amide bonds. The first-order valence-corrected chi connectivity index (χ1v) is 12.5. The lowest BCUT2D eigenvalue weighted by Gasteiger charge is -2.06. The summed E-state index contributed by atoms with van der Waals surface area (Å²) in [6.45, 7) is 3.90. The molecule has 4 aromatic rings. The lowest BCUT2D eigenvalue weighted by atomic mass is 10.1. The van der Waals surface area contributed by atoms with E-state index < -0.39 is 11.9 Å². The molecule has 3 heterocycles. The molecule has 0 spiro atoms. The summed E-state index contributed by atoms with van der Waals surface area (Å²) in [7, 11) is 1.34. The molecular formula is C25H20N6O3S2. The Morgan fingerprint density at radius 1 is 1.03 bits per heavy atom. The van der Waals surface area contributed by atoms with E-state index in [0.29, 0.717) is 27.2 Å². The number of ether oxygens (including phenoxy) is 1. The number of anilines is 2. The van der Waals surface area contributed by atoms with Gasteiger partial charge in [0.25, 0.3) is 0 Å². The number of hydrogen-bond donors (Lipinski definition) is 1. The minimum Gasteiger partial charge on any atom is -0.465 e. The number of esters is 1. The molecule has 11 heteroatoms. The van der Waals surface area contributed by atoms with E-state index in [0.717, 1.165) is 21.7 Å². The number of hydrogen-bond acceptors (Lipinski definition) is 10. The minimum atomic E-state index is -0.408. The van der Waals surface area contributed by atoms with Gasteiger partial charge in [0, 0.05) is 21.4 Å². The molecule has 2 aromatic heterocycles. The Balaban J connectivity index is 1.46. The minimum absolute atomic E-state index is 0.172. The van der Waals surface area contributed by atoms with Crippen LogP contribution in [0.4, 0.5) is 10.3 Å². The van der Waals surface area contributed by atoms with E-state index in [4.69, 9.17) is 4.74 Å². The molecule has 0 bridgehead atoms. The first-order chi connectivity index (χ1) is 17.4. The molecular weight excluding hydrogens is 496 g/mol. The van der Waals surface area contributed by atoms with Crippen LogP contribution in [0.5, 0.6) is 0 Å². The highest BCUT2D eigenvalue weighted by atomic mass is 32.1. The SMILES string of the molecule is COC(=O)c1ccc(-c2csc(N3N=C(c4ccccc4)/C(=N/Nc4nc(C)c(C)s4)C3=O)n2)cc1. The van der Waals surface area contributed by atoms with E-state index in [1.165, 1.54) is 34.8 Å². The van der Waals surface area contributed by atoms with E-state index in [9.17, 15) is 9.59 Å². The number of carbonyl (C=O) groups is 2. The van der Waals surface area contributed by atoms with Crippen LogP contribution in [0.1, 0.15) is 26.5 Å². The fourth-order valence-corrected chi connectivity index (χ4v) is 4.97. The Labute approximate surface area is 214 Å². The third-order valence-corrected chi connectivity index (χ3v) is 7.23. The maximum Gasteiger partial charge on any atom is 0.337 e. The third-order valence-electron chi connectivity index (χ3n) is 5.43. The average molecular weight is 517 g/mol. The van der Waals surface area contributed by atoms with Gasteiger partial charge >= 0.3 is 11.9 Å². The van der Waals surface area contributed by atoms with Crippen molar-refractivity contribution in [3.05, 3.63) is 81.7 Å². The topological polar surface area (TPSA) is 109 Å².